The quantitative estimate of drug-likeness (QED) is 0.811. The predicted molar refractivity (Wildman–Crippen MR) is 71.5 cm³/mol. The SMILES string of the molecule is CC(C)Oc1cccc2c1CN(CC(C)(C)F)C2. The Kier molecular flexibility index (Phi) is 3.62. The lowest BCUT2D eigenvalue weighted by Gasteiger charge is -2.22. The van der Waals surface area contributed by atoms with E-state index in [1.807, 2.05) is 26.0 Å². The zero-order valence-corrected chi connectivity index (χ0v) is 11.7. The molecule has 0 amide bonds. The lowest BCUT2D eigenvalue weighted by Crippen LogP contribution is -2.32. The molecule has 18 heavy (non-hydrogen) atoms. The molecule has 1 aromatic carbocycles. The fourth-order valence-electron chi connectivity index (χ4n) is 2.47. The minimum Gasteiger partial charge on any atom is -0.491 e. The fraction of sp³-hybridized carbons (Fsp3) is 0.600. The van der Waals surface area contributed by atoms with Gasteiger partial charge in [0.25, 0.3) is 0 Å². The second-order valence-electron chi connectivity index (χ2n) is 5.92. The van der Waals surface area contributed by atoms with Gasteiger partial charge in [-0.3, -0.25) is 4.90 Å². The molecule has 1 aromatic rings. The van der Waals surface area contributed by atoms with E-state index in [-0.39, 0.29) is 6.10 Å². The molecule has 100 valence electrons. The maximum absolute atomic E-state index is 13.7. The van der Waals surface area contributed by atoms with Gasteiger partial charge in [0.2, 0.25) is 0 Å². The van der Waals surface area contributed by atoms with Crippen LogP contribution in [0.25, 0.3) is 0 Å². The molecular weight excluding hydrogens is 229 g/mol. The van der Waals surface area contributed by atoms with E-state index in [9.17, 15) is 4.39 Å². The van der Waals surface area contributed by atoms with Crippen molar-refractivity contribution in [2.24, 2.45) is 0 Å². The highest BCUT2D eigenvalue weighted by Crippen LogP contribution is 2.32. The Hall–Kier alpha value is -1.09. The Morgan fingerprint density at radius 2 is 2.06 bits per heavy atom. The second kappa shape index (κ2) is 4.88. The Bertz CT molecular complexity index is 423. The van der Waals surface area contributed by atoms with Crippen LogP contribution in [-0.2, 0) is 13.1 Å². The molecule has 0 radical (unpaired) electrons. The molecule has 0 aromatic heterocycles. The Balaban J connectivity index is 2.14. The lowest BCUT2D eigenvalue weighted by atomic mass is 10.1. The van der Waals surface area contributed by atoms with Crippen molar-refractivity contribution < 1.29 is 9.13 Å². The number of hydrogen-bond acceptors (Lipinski definition) is 2. The third-order valence-corrected chi connectivity index (χ3v) is 2.97. The summed E-state index contributed by atoms with van der Waals surface area (Å²) in [4.78, 5) is 2.14. The minimum absolute atomic E-state index is 0.170. The third-order valence-electron chi connectivity index (χ3n) is 2.97. The van der Waals surface area contributed by atoms with Crippen LogP contribution in [0.2, 0.25) is 0 Å². The van der Waals surface area contributed by atoms with Gasteiger partial charge in [0.15, 0.2) is 0 Å². The molecule has 3 heteroatoms. The van der Waals surface area contributed by atoms with Crippen LogP contribution < -0.4 is 4.74 Å². The number of halogens is 1. The molecule has 0 aliphatic carbocycles. The van der Waals surface area contributed by atoms with E-state index >= 15 is 0 Å². The topological polar surface area (TPSA) is 12.5 Å². The first-order valence-corrected chi connectivity index (χ1v) is 6.54. The minimum atomic E-state index is -1.15. The van der Waals surface area contributed by atoms with Gasteiger partial charge < -0.3 is 4.74 Å². The van der Waals surface area contributed by atoms with Gasteiger partial charge in [0, 0.05) is 25.2 Å². The number of benzene rings is 1. The van der Waals surface area contributed by atoms with Crippen LogP contribution in [0.5, 0.6) is 5.75 Å². The van der Waals surface area contributed by atoms with Gasteiger partial charge in [-0.05, 0) is 39.3 Å². The van der Waals surface area contributed by atoms with E-state index in [2.05, 4.69) is 11.0 Å². The fourth-order valence-corrected chi connectivity index (χ4v) is 2.47. The van der Waals surface area contributed by atoms with Crippen LogP contribution >= 0.6 is 0 Å². The van der Waals surface area contributed by atoms with Crippen molar-refractivity contribution in [1.82, 2.24) is 4.90 Å². The first-order valence-electron chi connectivity index (χ1n) is 6.54. The summed E-state index contributed by atoms with van der Waals surface area (Å²) in [7, 11) is 0. The number of nitrogens with zero attached hydrogens (tertiary/aromatic N) is 1. The van der Waals surface area contributed by atoms with E-state index < -0.39 is 5.67 Å². The molecule has 1 aliphatic rings. The summed E-state index contributed by atoms with van der Waals surface area (Å²) in [5, 5.41) is 0. The van der Waals surface area contributed by atoms with Crippen LogP contribution in [0.15, 0.2) is 18.2 Å². The van der Waals surface area contributed by atoms with Crippen molar-refractivity contribution >= 4 is 0 Å². The number of ether oxygens (including phenoxy) is 1. The largest absolute Gasteiger partial charge is 0.491 e. The van der Waals surface area contributed by atoms with Crippen LogP contribution in [0.1, 0.15) is 38.8 Å². The van der Waals surface area contributed by atoms with Crippen LogP contribution in [0, 0.1) is 0 Å². The molecule has 1 heterocycles. The van der Waals surface area contributed by atoms with Crippen molar-refractivity contribution in [2.75, 3.05) is 6.54 Å². The van der Waals surface area contributed by atoms with E-state index in [4.69, 9.17) is 4.74 Å². The van der Waals surface area contributed by atoms with Gasteiger partial charge in [-0.1, -0.05) is 12.1 Å². The molecule has 0 saturated carbocycles. The van der Waals surface area contributed by atoms with Gasteiger partial charge in [0.1, 0.15) is 11.4 Å². The Morgan fingerprint density at radius 3 is 2.67 bits per heavy atom. The number of alkyl halides is 1. The number of rotatable bonds is 4. The molecule has 0 bridgehead atoms. The zero-order chi connectivity index (χ0) is 13.3. The van der Waals surface area contributed by atoms with E-state index in [0.29, 0.717) is 6.54 Å². The maximum atomic E-state index is 13.7. The summed E-state index contributed by atoms with van der Waals surface area (Å²) in [6.07, 6.45) is 0.170. The molecule has 2 nitrogen and oxygen atoms in total. The van der Waals surface area contributed by atoms with Crippen LogP contribution in [0.4, 0.5) is 4.39 Å². The molecule has 0 spiro atoms. The first kappa shape index (κ1) is 13.3. The first-order chi connectivity index (χ1) is 8.35. The second-order valence-corrected chi connectivity index (χ2v) is 5.92. The van der Waals surface area contributed by atoms with Crippen molar-refractivity contribution in [1.29, 1.82) is 0 Å². The highest BCUT2D eigenvalue weighted by molar-refractivity contribution is 5.42. The predicted octanol–water partition coefficient (Wildman–Crippen LogP) is 3.54. The highest BCUT2D eigenvalue weighted by atomic mass is 19.1. The summed E-state index contributed by atoms with van der Waals surface area (Å²) in [6.45, 7) is 9.36. The van der Waals surface area contributed by atoms with Crippen molar-refractivity contribution in [2.45, 2.75) is 52.6 Å². The molecule has 0 fully saturated rings. The Morgan fingerprint density at radius 1 is 1.33 bits per heavy atom. The Labute approximate surface area is 109 Å². The van der Waals surface area contributed by atoms with Crippen LogP contribution in [0.3, 0.4) is 0 Å². The smallest absolute Gasteiger partial charge is 0.124 e. The van der Waals surface area contributed by atoms with Crippen molar-refractivity contribution in [3.63, 3.8) is 0 Å². The normalized spacial score (nSPS) is 16.1. The summed E-state index contributed by atoms with van der Waals surface area (Å²) in [5.41, 5.74) is 1.33. The van der Waals surface area contributed by atoms with Crippen molar-refractivity contribution in [3.8, 4) is 5.75 Å². The van der Waals surface area contributed by atoms with E-state index in [1.54, 1.807) is 13.8 Å². The average Bonchev–Trinajstić information content (AvgIpc) is 2.57. The molecule has 0 saturated heterocycles. The monoisotopic (exact) mass is 251 g/mol. The number of hydrogen-bond donors (Lipinski definition) is 0. The standard InChI is InChI=1S/C15H22FNO/c1-11(2)18-14-7-5-6-12-8-17(9-13(12)14)10-15(3,4)16/h5-7,11H,8-10H2,1-4H3. The highest BCUT2D eigenvalue weighted by Gasteiger charge is 2.27. The summed E-state index contributed by atoms with van der Waals surface area (Å²) >= 11 is 0. The van der Waals surface area contributed by atoms with E-state index in [0.717, 1.165) is 18.8 Å². The van der Waals surface area contributed by atoms with Crippen LogP contribution in [-0.4, -0.2) is 23.2 Å². The molecule has 2 rings (SSSR count). The summed E-state index contributed by atoms with van der Waals surface area (Å²) in [6, 6.07) is 6.12. The summed E-state index contributed by atoms with van der Waals surface area (Å²) < 4.78 is 19.5. The van der Waals surface area contributed by atoms with Gasteiger partial charge in [-0.15, -0.1) is 0 Å². The lowest BCUT2D eigenvalue weighted by molar-refractivity contribution is 0.124. The zero-order valence-electron chi connectivity index (χ0n) is 11.7. The molecular formula is C15H22FNO. The van der Waals surface area contributed by atoms with Gasteiger partial charge >= 0.3 is 0 Å². The molecule has 1 aliphatic heterocycles. The average molecular weight is 251 g/mol. The number of fused-ring (bicyclic) bond motifs is 1. The van der Waals surface area contributed by atoms with Gasteiger partial charge in [0.05, 0.1) is 6.10 Å². The van der Waals surface area contributed by atoms with Crippen molar-refractivity contribution in [3.05, 3.63) is 29.3 Å². The van der Waals surface area contributed by atoms with Gasteiger partial charge in [-0.2, -0.15) is 0 Å². The maximum Gasteiger partial charge on any atom is 0.124 e. The summed E-state index contributed by atoms with van der Waals surface area (Å²) in [5.74, 6) is 0.946. The van der Waals surface area contributed by atoms with Gasteiger partial charge in [-0.25, -0.2) is 4.39 Å². The van der Waals surface area contributed by atoms with E-state index in [1.165, 1.54) is 11.1 Å². The molecule has 0 unspecified atom stereocenters. The molecule has 0 atom stereocenters. The third kappa shape index (κ3) is 3.22. The molecule has 0 N–H and O–H groups in total.